The summed E-state index contributed by atoms with van der Waals surface area (Å²) < 4.78 is 0.647. The van der Waals surface area contributed by atoms with Crippen molar-refractivity contribution in [1.82, 2.24) is 5.48 Å². The molecular weight excluding hydrogens is 216 g/mol. The minimum atomic E-state index is -0.313. The topological polar surface area (TPSA) is 38.3 Å². The zero-order valence-electron chi connectivity index (χ0n) is 10.2. The normalized spacial score (nSPS) is 12.1. The Balaban J connectivity index is 0. The number of hydrogen-bond acceptors (Lipinski definition) is 2. The summed E-state index contributed by atoms with van der Waals surface area (Å²) >= 11 is 4.64. The van der Waals surface area contributed by atoms with Crippen molar-refractivity contribution >= 4 is 17.5 Å². The van der Waals surface area contributed by atoms with E-state index in [1.165, 1.54) is 12.5 Å². The van der Waals surface area contributed by atoms with E-state index in [4.69, 9.17) is 4.84 Å². The maximum atomic E-state index is 10.8. The summed E-state index contributed by atoms with van der Waals surface area (Å²) in [5.41, 5.74) is 2.32. The molecule has 0 rings (SSSR count). The molecular formula is C10H22ClN2O2+. The smallest absolute Gasteiger partial charge is 0.267 e. The third-order valence-electron chi connectivity index (χ3n) is 1.69. The lowest BCUT2D eigenvalue weighted by Crippen LogP contribution is -2.49. The molecule has 0 aromatic rings. The van der Waals surface area contributed by atoms with Crippen LogP contribution < -0.4 is 5.48 Å². The molecule has 5 heteroatoms. The van der Waals surface area contributed by atoms with Crippen LogP contribution in [0.15, 0.2) is 12.7 Å². The van der Waals surface area contributed by atoms with E-state index >= 15 is 0 Å². The lowest BCUT2D eigenvalue weighted by molar-refractivity contribution is -0.921. The highest BCUT2D eigenvalue weighted by atomic mass is 35.5. The molecule has 0 radical (unpaired) electrons. The zero-order valence-corrected chi connectivity index (χ0v) is 11.0. The molecule has 0 aliphatic carbocycles. The van der Waals surface area contributed by atoms with Crippen LogP contribution in [-0.2, 0) is 9.63 Å². The van der Waals surface area contributed by atoms with Crippen LogP contribution in [-0.4, -0.2) is 44.1 Å². The Morgan fingerprint density at radius 2 is 2.00 bits per heavy atom. The molecule has 4 nitrogen and oxygen atoms in total. The maximum absolute atomic E-state index is 10.8. The number of hydrogen-bond donors (Lipinski definition) is 1. The SMILES string of the molecule is C=CC(=O)NOC(CC)[N+](C)(C)C.CCl. The predicted octanol–water partition coefficient (Wildman–Crippen LogP) is 1.52. The number of nitrogens with one attached hydrogen (secondary N) is 1. The van der Waals surface area contributed by atoms with E-state index in [9.17, 15) is 4.79 Å². The fraction of sp³-hybridized carbons (Fsp3) is 0.700. The number of halogens is 1. The van der Waals surface area contributed by atoms with Gasteiger partial charge >= 0.3 is 0 Å². The van der Waals surface area contributed by atoms with Crippen molar-refractivity contribution in [2.75, 3.05) is 27.5 Å². The summed E-state index contributed by atoms with van der Waals surface area (Å²) in [5, 5.41) is 0. The van der Waals surface area contributed by atoms with Crippen molar-refractivity contribution in [3.05, 3.63) is 12.7 Å². The second-order valence-corrected chi connectivity index (χ2v) is 3.77. The fourth-order valence-corrected chi connectivity index (χ4v) is 0.957. The van der Waals surface area contributed by atoms with Crippen LogP contribution in [0.2, 0.25) is 0 Å². The van der Waals surface area contributed by atoms with Crippen LogP contribution in [0.25, 0.3) is 0 Å². The van der Waals surface area contributed by atoms with Crippen molar-refractivity contribution in [2.45, 2.75) is 19.6 Å². The maximum Gasteiger partial charge on any atom is 0.267 e. The average molecular weight is 238 g/mol. The number of hydroxylamine groups is 1. The van der Waals surface area contributed by atoms with Crippen LogP contribution in [0.5, 0.6) is 0 Å². The van der Waals surface area contributed by atoms with Gasteiger partial charge in [-0.05, 0) is 6.08 Å². The van der Waals surface area contributed by atoms with Gasteiger partial charge in [0.05, 0.1) is 21.1 Å². The van der Waals surface area contributed by atoms with Gasteiger partial charge in [0.15, 0.2) is 0 Å². The molecule has 90 valence electrons. The standard InChI is InChI=1S/C9H18N2O2.CH3Cl/c1-6-8(12)10-13-9(7-2)11(3,4)5;1-2/h6,9H,1,7H2,2-5H3;1H3/p+1. The molecule has 0 saturated carbocycles. The van der Waals surface area contributed by atoms with Gasteiger partial charge in [-0.25, -0.2) is 10.3 Å². The lowest BCUT2D eigenvalue weighted by atomic mass is 10.3. The van der Waals surface area contributed by atoms with Gasteiger partial charge in [0, 0.05) is 12.8 Å². The third-order valence-corrected chi connectivity index (χ3v) is 1.69. The highest BCUT2D eigenvalue weighted by Gasteiger charge is 2.23. The van der Waals surface area contributed by atoms with Gasteiger partial charge in [-0.2, -0.15) is 0 Å². The Morgan fingerprint density at radius 1 is 1.53 bits per heavy atom. The van der Waals surface area contributed by atoms with Crippen LogP contribution in [0.3, 0.4) is 0 Å². The molecule has 15 heavy (non-hydrogen) atoms. The molecule has 1 amide bonds. The van der Waals surface area contributed by atoms with Crippen molar-refractivity contribution < 1.29 is 14.1 Å². The number of carbonyl (C=O) groups excluding carboxylic acids is 1. The predicted molar refractivity (Wildman–Crippen MR) is 63.3 cm³/mol. The summed E-state index contributed by atoms with van der Waals surface area (Å²) in [6, 6.07) is 0. The molecule has 1 N–H and O–H groups in total. The molecule has 0 aromatic carbocycles. The second kappa shape index (κ2) is 8.71. The molecule has 0 fully saturated rings. The van der Waals surface area contributed by atoms with Gasteiger partial charge in [0.1, 0.15) is 0 Å². The van der Waals surface area contributed by atoms with Crippen LogP contribution >= 0.6 is 11.6 Å². The van der Waals surface area contributed by atoms with Crippen molar-refractivity contribution in [1.29, 1.82) is 0 Å². The Morgan fingerprint density at radius 3 is 2.27 bits per heavy atom. The molecule has 0 aliphatic rings. The Kier molecular flexibility index (Phi) is 9.77. The minimum absolute atomic E-state index is 0.0381. The first-order chi connectivity index (χ1) is 6.91. The van der Waals surface area contributed by atoms with Crippen LogP contribution in [0.1, 0.15) is 13.3 Å². The molecule has 0 aromatic heterocycles. The number of amides is 1. The first-order valence-electron chi connectivity index (χ1n) is 4.68. The van der Waals surface area contributed by atoms with E-state index in [1.807, 2.05) is 28.1 Å². The Hall–Kier alpha value is -0.580. The molecule has 0 spiro atoms. The number of alkyl halides is 1. The van der Waals surface area contributed by atoms with E-state index in [2.05, 4.69) is 23.7 Å². The quantitative estimate of drug-likeness (QED) is 0.259. The van der Waals surface area contributed by atoms with Crippen molar-refractivity contribution in [2.24, 2.45) is 0 Å². The Labute approximate surface area is 97.4 Å². The molecule has 0 bridgehead atoms. The van der Waals surface area contributed by atoms with Gasteiger partial charge in [-0.1, -0.05) is 13.5 Å². The molecule has 1 unspecified atom stereocenters. The summed E-state index contributed by atoms with van der Waals surface area (Å²) in [4.78, 5) is 16.0. The Bertz CT molecular complexity index is 190. The summed E-state index contributed by atoms with van der Waals surface area (Å²) in [5.74, 6) is -0.313. The summed E-state index contributed by atoms with van der Waals surface area (Å²) in [6.07, 6.45) is 3.45. The lowest BCUT2D eigenvalue weighted by Gasteiger charge is -2.32. The van der Waals surface area contributed by atoms with E-state index in [0.717, 1.165) is 6.42 Å². The van der Waals surface area contributed by atoms with Crippen LogP contribution in [0, 0.1) is 0 Å². The second-order valence-electron chi connectivity index (χ2n) is 3.77. The van der Waals surface area contributed by atoms with Gasteiger partial charge in [0.25, 0.3) is 5.91 Å². The number of nitrogens with zero attached hydrogens (tertiary/aromatic N) is 1. The summed E-state index contributed by atoms with van der Waals surface area (Å²) in [6.45, 7) is 5.34. The molecule has 0 heterocycles. The third kappa shape index (κ3) is 8.42. The van der Waals surface area contributed by atoms with Gasteiger partial charge in [0.2, 0.25) is 6.23 Å². The highest BCUT2D eigenvalue weighted by Crippen LogP contribution is 2.06. The number of quaternary nitrogens is 1. The molecule has 1 atom stereocenters. The van der Waals surface area contributed by atoms with E-state index in [-0.39, 0.29) is 12.1 Å². The van der Waals surface area contributed by atoms with Crippen molar-refractivity contribution in [3.63, 3.8) is 0 Å². The number of rotatable bonds is 5. The first-order valence-corrected chi connectivity index (χ1v) is 5.44. The highest BCUT2D eigenvalue weighted by molar-refractivity contribution is 6.15. The molecule has 0 saturated heterocycles. The summed E-state index contributed by atoms with van der Waals surface area (Å²) in [7, 11) is 6.02. The van der Waals surface area contributed by atoms with E-state index < -0.39 is 0 Å². The van der Waals surface area contributed by atoms with Crippen molar-refractivity contribution in [3.8, 4) is 0 Å². The van der Waals surface area contributed by atoms with E-state index in [1.54, 1.807) is 0 Å². The minimum Gasteiger partial charge on any atom is -0.304 e. The average Bonchev–Trinajstić information content (AvgIpc) is 2.19. The van der Waals surface area contributed by atoms with E-state index in [0.29, 0.717) is 4.48 Å². The number of carbonyl (C=O) groups is 1. The van der Waals surface area contributed by atoms with Gasteiger partial charge in [-0.3, -0.25) is 4.79 Å². The monoisotopic (exact) mass is 237 g/mol. The van der Waals surface area contributed by atoms with Gasteiger partial charge in [-0.15, -0.1) is 11.6 Å². The zero-order chi connectivity index (χ0) is 12.5. The van der Waals surface area contributed by atoms with Crippen LogP contribution in [0.4, 0.5) is 0 Å². The van der Waals surface area contributed by atoms with Gasteiger partial charge < -0.3 is 4.48 Å². The first kappa shape index (κ1) is 16.8. The fourth-order valence-electron chi connectivity index (χ4n) is 0.957. The largest absolute Gasteiger partial charge is 0.304 e. The molecule has 0 aliphatic heterocycles.